The molecule has 2 aromatic rings. The number of hydrogen-bond donors (Lipinski definition) is 1. The number of nitrogens with one attached hydrogen (secondary N) is 1. The summed E-state index contributed by atoms with van der Waals surface area (Å²) in [5, 5.41) is 3.29. The molecule has 3 rings (SSSR count). The fourth-order valence-corrected chi connectivity index (χ4v) is 2.25. The number of carbonyl (C=O) groups is 1. The summed E-state index contributed by atoms with van der Waals surface area (Å²) in [6.45, 7) is 6.76. The Labute approximate surface area is 134 Å². The van der Waals surface area contributed by atoms with Crippen molar-refractivity contribution in [3.63, 3.8) is 0 Å². The minimum Gasteiger partial charge on any atom is -0.463 e. The Morgan fingerprint density at radius 2 is 2.17 bits per heavy atom. The van der Waals surface area contributed by atoms with Crippen molar-refractivity contribution in [2.45, 2.75) is 32.4 Å². The molecule has 0 saturated carbocycles. The third kappa shape index (κ3) is 3.80. The molecule has 1 saturated heterocycles. The molecule has 7 heteroatoms. The minimum absolute atomic E-state index is 0.155. The molecular weight excluding hydrogens is 296 g/mol. The normalized spacial score (nSPS) is 15.2. The van der Waals surface area contributed by atoms with Gasteiger partial charge in [0.15, 0.2) is 5.76 Å². The van der Waals surface area contributed by atoms with E-state index in [1.807, 2.05) is 39.0 Å². The zero-order valence-corrected chi connectivity index (χ0v) is 13.4. The van der Waals surface area contributed by atoms with Gasteiger partial charge in [-0.3, -0.25) is 0 Å². The van der Waals surface area contributed by atoms with Crippen molar-refractivity contribution in [1.82, 2.24) is 14.9 Å². The smallest absolute Gasteiger partial charge is 0.410 e. The van der Waals surface area contributed by atoms with E-state index in [9.17, 15) is 4.79 Å². The molecule has 0 radical (unpaired) electrons. The van der Waals surface area contributed by atoms with E-state index in [0.29, 0.717) is 24.7 Å². The van der Waals surface area contributed by atoms with Crippen LogP contribution < -0.4 is 5.32 Å². The van der Waals surface area contributed by atoms with Crippen LogP contribution in [0.15, 0.2) is 35.2 Å². The maximum Gasteiger partial charge on any atom is 0.410 e. The van der Waals surface area contributed by atoms with Gasteiger partial charge < -0.3 is 19.4 Å². The zero-order chi connectivity index (χ0) is 16.4. The topological polar surface area (TPSA) is 80.5 Å². The molecule has 1 N–H and O–H groups in total. The number of nitrogens with zero attached hydrogens (tertiary/aromatic N) is 3. The van der Waals surface area contributed by atoms with Crippen LogP contribution in [0.25, 0.3) is 11.5 Å². The second kappa shape index (κ2) is 5.91. The van der Waals surface area contributed by atoms with E-state index in [4.69, 9.17) is 9.15 Å². The summed E-state index contributed by atoms with van der Waals surface area (Å²) in [5.41, 5.74) is 0.246. The van der Waals surface area contributed by atoms with Crippen LogP contribution in [-0.2, 0) is 4.74 Å². The van der Waals surface area contributed by atoms with Crippen LogP contribution in [0.3, 0.4) is 0 Å². The molecule has 0 aliphatic carbocycles. The van der Waals surface area contributed by atoms with Crippen molar-refractivity contribution in [3.8, 4) is 11.5 Å². The number of furan rings is 1. The number of hydrogen-bond acceptors (Lipinski definition) is 6. The molecule has 0 bridgehead atoms. The van der Waals surface area contributed by atoms with Crippen molar-refractivity contribution in [2.75, 3.05) is 18.4 Å². The molecule has 122 valence electrons. The van der Waals surface area contributed by atoms with E-state index in [2.05, 4.69) is 15.3 Å². The summed E-state index contributed by atoms with van der Waals surface area (Å²) in [4.78, 5) is 21.9. The highest BCUT2D eigenvalue weighted by Crippen LogP contribution is 2.21. The minimum atomic E-state index is -0.472. The highest BCUT2D eigenvalue weighted by molar-refractivity contribution is 5.69. The quantitative estimate of drug-likeness (QED) is 0.938. The molecule has 1 amide bonds. The van der Waals surface area contributed by atoms with Crippen LogP contribution >= 0.6 is 0 Å². The summed E-state index contributed by atoms with van der Waals surface area (Å²) >= 11 is 0. The SMILES string of the molecule is CC(C)(C)OC(=O)N1CC(Nc2cc(-c3ccco3)ncn2)C1. The lowest BCUT2D eigenvalue weighted by molar-refractivity contribution is 0.0104. The molecule has 7 nitrogen and oxygen atoms in total. The Morgan fingerprint density at radius 3 is 2.83 bits per heavy atom. The molecule has 0 unspecified atom stereocenters. The lowest BCUT2D eigenvalue weighted by atomic mass is 10.1. The first-order valence-electron chi connectivity index (χ1n) is 7.51. The molecule has 1 fully saturated rings. The van der Waals surface area contributed by atoms with Gasteiger partial charge in [0.2, 0.25) is 0 Å². The van der Waals surface area contributed by atoms with Crippen LogP contribution in [0.4, 0.5) is 10.6 Å². The Balaban J connectivity index is 1.54. The van der Waals surface area contributed by atoms with Crippen LogP contribution in [0.1, 0.15) is 20.8 Å². The monoisotopic (exact) mass is 316 g/mol. The first-order chi connectivity index (χ1) is 10.9. The molecule has 1 aliphatic heterocycles. The highest BCUT2D eigenvalue weighted by Gasteiger charge is 2.33. The maximum absolute atomic E-state index is 11.9. The second-order valence-corrected chi connectivity index (χ2v) is 6.49. The molecular formula is C16H20N4O3. The predicted octanol–water partition coefficient (Wildman–Crippen LogP) is 2.77. The summed E-state index contributed by atoms with van der Waals surface area (Å²) in [6, 6.07) is 5.64. The van der Waals surface area contributed by atoms with Gasteiger partial charge in [0.05, 0.1) is 12.3 Å². The summed E-state index contributed by atoms with van der Waals surface area (Å²) in [6.07, 6.45) is 2.81. The third-order valence-corrected chi connectivity index (χ3v) is 3.33. The van der Waals surface area contributed by atoms with E-state index in [1.54, 1.807) is 11.2 Å². The Bertz CT molecular complexity index is 673. The van der Waals surface area contributed by atoms with E-state index in [1.165, 1.54) is 6.33 Å². The molecule has 0 spiro atoms. The Morgan fingerprint density at radius 1 is 1.39 bits per heavy atom. The van der Waals surface area contributed by atoms with Crippen molar-refractivity contribution in [2.24, 2.45) is 0 Å². The van der Waals surface area contributed by atoms with E-state index in [0.717, 1.165) is 5.69 Å². The number of carbonyl (C=O) groups excluding carboxylic acids is 1. The summed E-state index contributed by atoms with van der Waals surface area (Å²) < 4.78 is 10.7. The van der Waals surface area contributed by atoms with Crippen molar-refractivity contribution >= 4 is 11.9 Å². The summed E-state index contributed by atoms with van der Waals surface area (Å²) in [5.74, 6) is 1.40. The van der Waals surface area contributed by atoms with Gasteiger partial charge in [0.1, 0.15) is 23.4 Å². The zero-order valence-electron chi connectivity index (χ0n) is 13.4. The van der Waals surface area contributed by atoms with Crippen molar-refractivity contribution in [3.05, 3.63) is 30.8 Å². The van der Waals surface area contributed by atoms with Crippen LogP contribution in [0.5, 0.6) is 0 Å². The lowest BCUT2D eigenvalue weighted by Crippen LogP contribution is -2.58. The fourth-order valence-electron chi connectivity index (χ4n) is 2.25. The van der Waals surface area contributed by atoms with Crippen molar-refractivity contribution in [1.29, 1.82) is 0 Å². The van der Waals surface area contributed by atoms with Gasteiger partial charge in [-0.15, -0.1) is 0 Å². The average molecular weight is 316 g/mol. The van der Waals surface area contributed by atoms with Gasteiger partial charge in [-0.2, -0.15) is 0 Å². The number of ether oxygens (including phenoxy) is 1. The van der Waals surface area contributed by atoms with Gasteiger partial charge in [-0.05, 0) is 32.9 Å². The Hall–Kier alpha value is -2.57. The van der Waals surface area contributed by atoms with Crippen LogP contribution in [0, 0.1) is 0 Å². The number of likely N-dealkylation sites (tertiary alicyclic amines) is 1. The molecule has 23 heavy (non-hydrogen) atoms. The molecule has 3 heterocycles. The fraction of sp³-hybridized carbons (Fsp3) is 0.438. The second-order valence-electron chi connectivity index (χ2n) is 6.49. The van der Waals surface area contributed by atoms with Gasteiger partial charge in [0.25, 0.3) is 0 Å². The number of aromatic nitrogens is 2. The molecule has 0 atom stereocenters. The standard InChI is InChI=1S/C16H20N4O3/c1-16(2,3)23-15(21)20-8-11(9-20)19-14-7-12(17-10-18-14)13-5-4-6-22-13/h4-7,10-11H,8-9H2,1-3H3,(H,17,18,19). The van der Waals surface area contributed by atoms with Gasteiger partial charge in [0, 0.05) is 19.2 Å². The predicted molar refractivity (Wildman–Crippen MR) is 85.0 cm³/mol. The summed E-state index contributed by atoms with van der Waals surface area (Å²) in [7, 11) is 0. The highest BCUT2D eigenvalue weighted by atomic mass is 16.6. The lowest BCUT2D eigenvalue weighted by Gasteiger charge is -2.40. The number of rotatable bonds is 3. The number of anilines is 1. The Kier molecular flexibility index (Phi) is 3.94. The molecule has 1 aliphatic rings. The first-order valence-corrected chi connectivity index (χ1v) is 7.51. The van der Waals surface area contributed by atoms with E-state index >= 15 is 0 Å². The van der Waals surface area contributed by atoms with Gasteiger partial charge in [-0.1, -0.05) is 0 Å². The van der Waals surface area contributed by atoms with E-state index in [-0.39, 0.29) is 12.1 Å². The largest absolute Gasteiger partial charge is 0.463 e. The van der Waals surface area contributed by atoms with Crippen LogP contribution in [0.2, 0.25) is 0 Å². The van der Waals surface area contributed by atoms with E-state index < -0.39 is 5.60 Å². The molecule has 2 aromatic heterocycles. The van der Waals surface area contributed by atoms with Gasteiger partial charge in [-0.25, -0.2) is 14.8 Å². The third-order valence-electron chi connectivity index (χ3n) is 3.33. The maximum atomic E-state index is 11.9. The first kappa shape index (κ1) is 15.3. The molecule has 0 aromatic carbocycles. The number of amides is 1. The van der Waals surface area contributed by atoms with Crippen LogP contribution in [-0.4, -0.2) is 45.7 Å². The average Bonchev–Trinajstić information content (AvgIpc) is 2.94. The van der Waals surface area contributed by atoms with Gasteiger partial charge >= 0.3 is 6.09 Å². The van der Waals surface area contributed by atoms with Crippen molar-refractivity contribution < 1.29 is 13.9 Å².